The van der Waals surface area contributed by atoms with Crippen molar-refractivity contribution >= 4 is 17.7 Å². The van der Waals surface area contributed by atoms with E-state index in [1.165, 1.54) is 4.90 Å². The Labute approximate surface area is 136 Å². The molecule has 2 saturated heterocycles. The van der Waals surface area contributed by atoms with Crippen molar-refractivity contribution in [2.75, 3.05) is 52.9 Å². The summed E-state index contributed by atoms with van der Waals surface area (Å²) in [4.78, 5) is 41.1. The molecule has 0 spiro atoms. The van der Waals surface area contributed by atoms with E-state index < -0.39 is 11.8 Å². The van der Waals surface area contributed by atoms with E-state index in [0.717, 1.165) is 6.54 Å². The lowest BCUT2D eigenvalue weighted by Crippen LogP contribution is -2.50. The Morgan fingerprint density at radius 2 is 2.13 bits per heavy atom. The topological polar surface area (TPSA) is 96.2 Å². The van der Waals surface area contributed by atoms with Crippen LogP contribution < -0.4 is 5.73 Å². The van der Waals surface area contributed by atoms with Crippen molar-refractivity contribution < 1.29 is 19.1 Å². The number of nitrogens with two attached hydrogens (primary N) is 1. The standard InChI is InChI=1S/C15H26N4O4/c1-3-18-7-11(6-14(18)21)15(22)19(10-13(16)20)9-12-8-17(2)4-5-23-12/h11-12H,3-10H2,1-2H3,(H2,16,20)/t11-,12-/m1/s1. The van der Waals surface area contributed by atoms with Crippen LogP contribution in [0.4, 0.5) is 0 Å². The summed E-state index contributed by atoms with van der Waals surface area (Å²) in [6, 6.07) is 0. The predicted molar refractivity (Wildman–Crippen MR) is 83.4 cm³/mol. The van der Waals surface area contributed by atoms with E-state index >= 15 is 0 Å². The van der Waals surface area contributed by atoms with Crippen LogP contribution in [0.3, 0.4) is 0 Å². The third-order valence-corrected chi connectivity index (χ3v) is 4.37. The minimum absolute atomic E-state index is 0.0153. The fourth-order valence-corrected chi connectivity index (χ4v) is 3.14. The van der Waals surface area contributed by atoms with Gasteiger partial charge in [-0.3, -0.25) is 14.4 Å². The van der Waals surface area contributed by atoms with E-state index in [2.05, 4.69) is 4.90 Å². The Morgan fingerprint density at radius 3 is 2.70 bits per heavy atom. The first kappa shape index (κ1) is 17.7. The van der Waals surface area contributed by atoms with Crippen LogP contribution >= 0.6 is 0 Å². The van der Waals surface area contributed by atoms with Gasteiger partial charge < -0.3 is 25.2 Å². The van der Waals surface area contributed by atoms with Crippen molar-refractivity contribution in [3.05, 3.63) is 0 Å². The van der Waals surface area contributed by atoms with Gasteiger partial charge in [-0.25, -0.2) is 0 Å². The molecule has 0 aromatic heterocycles. The van der Waals surface area contributed by atoms with Gasteiger partial charge in [0.2, 0.25) is 17.7 Å². The van der Waals surface area contributed by atoms with Crippen molar-refractivity contribution in [3.8, 4) is 0 Å². The van der Waals surface area contributed by atoms with Crippen molar-refractivity contribution in [2.45, 2.75) is 19.4 Å². The van der Waals surface area contributed by atoms with Crippen LogP contribution in [0, 0.1) is 5.92 Å². The van der Waals surface area contributed by atoms with E-state index in [1.807, 2.05) is 14.0 Å². The molecule has 0 aromatic carbocycles. The Balaban J connectivity index is 2.01. The normalized spacial score (nSPS) is 25.7. The molecule has 0 aliphatic carbocycles. The summed E-state index contributed by atoms with van der Waals surface area (Å²) < 4.78 is 5.67. The van der Waals surface area contributed by atoms with Crippen molar-refractivity contribution in [3.63, 3.8) is 0 Å². The number of carbonyl (C=O) groups is 3. The van der Waals surface area contributed by atoms with E-state index in [-0.39, 0.29) is 30.9 Å². The Kier molecular flexibility index (Phi) is 5.95. The number of hydrogen-bond donors (Lipinski definition) is 1. The van der Waals surface area contributed by atoms with Gasteiger partial charge in [0, 0.05) is 39.1 Å². The van der Waals surface area contributed by atoms with Gasteiger partial charge in [-0.2, -0.15) is 0 Å². The summed E-state index contributed by atoms with van der Waals surface area (Å²) in [6.45, 7) is 5.23. The Bertz CT molecular complexity index is 470. The molecule has 0 bridgehead atoms. The second-order valence-corrected chi connectivity index (χ2v) is 6.27. The minimum atomic E-state index is -0.556. The third-order valence-electron chi connectivity index (χ3n) is 4.37. The highest BCUT2D eigenvalue weighted by atomic mass is 16.5. The lowest BCUT2D eigenvalue weighted by Gasteiger charge is -2.34. The molecule has 8 heteroatoms. The summed E-state index contributed by atoms with van der Waals surface area (Å²) in [5.41, 5.74) is 5.28. The number of ether oxygens (including phenoxy) is 1. The van der Waals surface area contributed by atoms with Gasteiger partial charge in [0.15, 0.2) is 0 Å². The molecule has 2 aliphatic heterocycles. The fourth-order valence-electron chi connectivity index (χ4n) is 3.14. The average molecular weight is 326 g/mol. The molecule has 0 aromatic rings. The van der Waals surface area contributed by atoms with Crippen molar-refractivity contribution in [1.82, 2.24) is 14.7 Å². The van der Waals surface area contributed by atoms with Gasteiger partial charge in [-0.1, -0.05) is 0 Å². The number of morpholine rings is 1. The third kappa shape index (κ3) is 4.65. The molecule has 0 unspecified atom stereocenters. The number of likely N-dealkylation sites (N-methyl/N-ethyl adjacent to an activating group) is 1. The molecule has 2 atom stereocenters. The van der Waals surface area contributed by atoms with E-state index in [1.54, 1.807) is 4.90 Å². The van der Waals surface area contributed by atoms with Crippen LogP contribution in [-0.4, -0.2) is 91.4 Å². The predicted octanol–water partition coefficient (Wildman–Crippen LogP) is -1.50. The molecule has 8 nitrogen and oxygen atoms in total. The molecule has 3 amide bonds. The number of primary amides is 1. The smallest absolute Gasteiger partial charge is 0.237 e. The van der Waals surface area contributed by atoms with Crippen LogP contribution in [0.25, 0.3) is 0 Å². The first-order valence-corrected chi connectivity index (χ1v) is 8.05. The average Bonchev–Trinajstić information content (AvgIpc) is 2.86. The van der Waals surface area contributed by atoms with E-state index in [4.69, 9.17) is 10.5 Å². The number of carbonyl (C=O) groups excluding carboxylic acids is 3. The zero-order valence-electron chi connectivity index (χ0n) is 13.9. The number of nitrogens with zero attached hydrogens (tertiary/aromatic N) is 3. The summed E-state index contributed by atoms with van der Waals surface area (Å²) in [5.74, 6) is -1.16. The highest BCUT2D eigenvalue weighted by Crippen LogP contribution is 2.20. The van der Waals surface area contributed by atoms with E-state index in [0.29, 0.717) is 32.8 Å². The highest BCUT2D eigenvalue weighted by molar-refractivity contribution is 5.91. The number of rotatable bonds is 6. The zero-order valence-corrected chi connectivity index (χ0v) is 13.9. The molecule has 2 aliphatic rings. The molecule has 0 radical (unpaired) electrons. The lowest BCUT2D eigenvalue weighted by atomic mass is 10.1. The summed E-state index contributed by atoms with van der Waals surface area (Å²) in [6.07, 6.45) is 0.0596. The number of likely N-dealkylation sites (tertiary alicyclic amines) is 1. The van der Waals surface area contributed by atoms with Gasteiger partial charge in [0.1, 0.15) is 0 Å². The molecule has 130 valence electrons. The van der Waals surface area contributed by atoms with Crippen LogP contribution in [-0.2, 0) is 19.1 Å². The Morgan fingerprint density at radius 1 is 1.39 bits per heavy atom. The molecule has 2 rings (SSSR count). The maximum Gasteiger partial charge on any atom is 0.237 e. The van der Waals surface area contributed by atoms with Gasteiger partial charge in [0.05, 0.1) is 25.2 Å². The molecular formula is C15H26N4O4. The summed E-state index contributed by atoms with van der Waals surface area (Å²) in [5, 5.41) is 0. The number of hydrogen-bond acceptors (Lipinski definition) is 5. The van der Waals surface area contributed by atoms with Gasteiger partial charge in [-0.15, -0.1) is 0 Å². The molecule has 0 saturated carbocycles. The number of amides is 3. The first-order chi connectivity index (χ1) is 10.9. The minimum Gasteiger partial charge on any atom is -0.374 e. The van der Waals surface area contributed by atoms with Crippen molar-refractivity contribution in [2.24, 2.45) is 11.7 Å². The SMILES string of the molecule is CCN1C[C@H](C(=O)N(CC(N)=O)C[C@H]2CN(C)CCO2)CC1=O. The molecule has 2 heterocycles. The summed E-state index contributed by atoms with van der Waals surface area (Å²) in [7, 11) is 1.99. The largest absolute Gasteiger partial charge is 0.374 e. The van der Waals surface area contributed by atoms with Crippen molar-refractivity contribution in [1.29, 1.82) is 0 Å². The van der Waals surface area contributed by atoms with Crippen LogP contribution in [0.2, 0.25) is 0 Å². The maximum atomic E-state index is 12.7. The maximum absolute atomic E-state index is 12.7. The van der Waals surface area contributed by atoms with Crippen LogP contribution in [0.1, 0.15) is 13.3 Å². The first-order valence-electron chi connectivity index (χ1n) is 8.05. The van der Waals surface area contributed by atoms with Gasteiger partial charge >= 0.3 is 0 Å². The highest BCUT2D eigenvalue weighted by Gasteiger charge is 2.37. The van der Waals surface area contributed by atoms with Crippen LogP contribution in [0.15, 0.2) is 0 Å². The quantitative estimate of drug-likeness (QED) is 0.641. The summed E-state index contributed by atoms with van der Waals surface area (Å²) >= 11 is 0. The molecule has 23 heavy (non-hydrogen) atoms. The van der Waals surface area contributed by atoms with Crippen LogP contribution in [0.5, 0.6) is 0 Å². The monoisotopic (exact) mass is 326 g/mol. The second kappa shape index (κ2) is 7.74. The van der Waals surface area contributed by atoms with E-state index in [9.17, 15) is 14.4 Å². The zero-order chi connectivity index (χ0) is 17.0. The Hall–Kier alpha value is -1.67. The van der Waals surface area contributed by atoms with Gasteiger partial charge in [-0.05, 0) is 14.0 Å². The second-order valence-electron chi connectivity index (χ2n) is 6.27. The molecular weight excluding hydrogens is 300 g/mol. The fraction of sp³-hybridized carbons (Fsp3) is 0.800. The lowest BCUT2D eigenvalue weighted by molar-refractivity contribution is -0.141. The van der Waals surface area contributed by atoms with Gasteiger partial charge in [0.25, 0.3) is 0 Å². The molecule has 2 N–H and O–H groups in total. The molecule has 2 fully saturated rings.